The average molecular weight is 374 g/mol. The standard InChI is InChI=1S/C18H31I/c1-6-7-8-9-14(2)12-16-13-19-11-10-18(4,5)17(19)15(16)3/h10,13-17H,6-9,12H2,1-5H3/t14-,15-,16+,17?/m1/s1. The topological polar surface area (TPSA) is 0 Å². The summed E-state index contributed by atoms with van der Waals surface area (Å²) < 4.78 is 7.51. The first-order chi connectivity index (χ1) is 8.95. The second-order valence-corrected chi connectivity index (χ2v) is 12.0. The number of rotatable bonds is 6. The highest BCUT2D eigenvalue weighted by Crippen LogP contribution is 2.51. The molecule has 0 bridgehead atoms. The second-order valence-electron chi connectivity index (χ2n) is 7.31. The van der Waals surface area contributed by atoms with Gasteiger partial charge in [0.2, 0.25) is 0 Å². The molecule has 2 aliphatic heterocycles. The third-order valence-electron chi connectivity index (χ3n) is 4.93. The monoisotopic (exact) mass is 374 g/mol. The van der Waals surface area contributed by atoms with Gasteiger partial charge in [-0.3, -0.25) is 0 Å². The molecule has 0 aromatic heterocycles. The number of halogens is 1. The van der Waals surface area contributed by atoms with Crippen molar-refractivity contribution in [3.63, 3.8) is 0 Å². The molecular formula is C18H31I. The van der Waals surface area contributed by atoms with Gasteiger partial charge in [-0.1, -0.05) is 64.0 Å². The van der Waals surface area contributed by atoms with E-state index in [9.17, 15) is 0 Å². The molecule has 2 heterocycles. The van der Waals surface area contributed by atoms with E-state index in [0.29, 0.717) is 5.41 Å². The summed E-state index contributed by atoms with van der Waals surface area (Å²) in [6, 6.07) is 0. The number of fused-ring (bicyclic) bond motifs is 1. The van der Waals surface area contributed by atoms with Crippen LogP contribution in [0.4, 0.5) is 0 Å². The predicted molar refractivity (Wildman–Crippen MR) is 97.8 cm³/mol. The number of hydrogen-bond donors (Lipinski definition) is 0. The summed E-state index contributed by atoms with van der Waals surface area (Å²) in [5, 5.41) is 0. The van der Waals surface area contributed by atoms with E-state index in [0.717, 1.165) is 21.7 Å². The fourth-order valence-corrected chi connectivity index (χ4v) is 11.6. The number of alkyl halides is 1. The highest BCUT2D eigenvalue weighted by Gasteiger charge is 2.41. The van der Waals surface area contributed by atoms with Gasteiger partial charge < -0.3 is 0 Å². The molecule has 1 unspecified atom stereocenters. The lowest BCUT2D eigenvalue weighted by Gasteiger charge is -2.31. The van der Waals surface area contributed by atoms with Crippen molar-refractivity contribution in [2.45, 2.75) is 70.6 Å². The van der Waals surface area contributed by atoms with Crippen molar-refractivity contribution in [3.05, 3.63) is 6.08 Å². The van der Waals surface area contributed by atoms with Crippen molar-refractivity contribution in [2.75, 3.05) is 0 Å². The number of hydrogen-bond acceptors (Lipinski definition) is 0. The zero-order valence-corrected chi connectivity index (χ0v) is 15.5. The van der Waals surface area contributed by atoms with Gasteiger partial charge in [0, 0.05) is 9.34 Å². The van der Waals surface area contributed by atoms with E-state index in [4.69, 9.17) is 0 Å². The highest BCUT2D eigenvalue weighted by atomic mass is 127. The Morgan fingerprint density at radius 2 is 2.05 bits per heavy atom. The summed E-state index contributed by atoms with van der Waals surface area (Å²) in [7, 11) is 0. The van der Waals surface area contributed by atoms with Gasteiger partial charge in [0.05, 0.1) is 0 Å². The summed E-state index contributed by atoms with van der Waals surface area (Å²) in [5.41, 5.74) is 0.432. The average Bonchev–Trinajstić information content (AvgIpc) is 2.80. The molecule has 0 N–H and O–H groups in total. The molecule has 0 radical (unpaired) electrons. The molecular weight excluding hydrogens is 343 g/mol. The Balaban J connectivity index is 1.94. The molecule has 2 rings (SSSR count). The first-order valence-electron chi connectivity index (χ1n) is 8.08. The number of allylic oxidation sites excluding steroid dienone is 1. The minimum atomic E-state index is -0.991. The van der Waals surface area contributed by atoms with Gasteiger partial charge in [-0.2, -0.15) is 0 Å². The van der Waals surface area contributed by atoms with Crippen molar-refractivity contribution in [3.8, 4) is 0 Å². The Morgan fingerprint density at radius 3 is 2.68 bits per heavy atom. The van der Waals surface area contributed by atoms with Gasteiger partial charge >= 0.3 is 0 Å². The molecule has 1 heteroatoms. The Bertz CT molecular complexity index is 431. The number of unbranched alkanes of at least 4 members (excludes halogenated alkanes) is 2. The molecule has 0 aliphatic carbocycles. The minimum absolute atomic E-state index is 0.432. The van der Waals surface area contributed by atoms with Crippen molar-refractivity contribution in [1.29, 1.82) is 0 Å². The molecule has 110 valence electrons. The minimum Gasteiger partial charge on any atom is -0.103 e. The van der Waals surface area contributed by atoms with Crippen LogP contribution >= 0.6 is 18.9 Å². The molecule has 19 heavy (non-hydrogen) atoms. The molecule has 4 atom stereocenters. The lowest BCUT2D eigenvalue weighted by atomic mass is 9.76. The van der Waals surface area contributed by atoms with Crippen LogP contribution in [0.25, 0.3) is 0 Å². The smallest absolute Gasteiger partial charge is 0.0206 e. The van der Waals surface area contributed by atoms with E-state index in [1.165, 1.54) is 32.1 Å². The van der Waals surface area contributed by atoms with Crippen LogP contribution in [0, 0.1) is 23.2 Å². The molecule has 0 aromatic carbocycles. The zero-order chi connectivity index (χ0) is 14.0. The summed E-state index contributed by atoms with van der Waals surface area (Å²) in [6.07, 6.45) is 9.47. The normalized spacial score (nSPS) is 33.8. The predicted octanol–water partition coefficient (Wildman–Crippen LogP) is 5.53. The van der Waals surface area contributed by atoms with Crippen LogP contribution in [0.1, 0.15) is 66.7 Å². The van der Waals surface area contributed by atoms with Crippen molar-refractivity contribution in [2.24, 2.45) is 23.2 Å². The molecule has 0 saturated carbocycles. The summed E-state index contributed by atoms with van der Waals surface area (Å²) in [5.74, 6) is 2.71. The lowest BCUT2D eigenvalue weighted by molar-refractivity contribution is 0.302. The third kappa shape index (κ3) is 3.47. The van der Waals surface area contributed by atoms with Gasteiger partial charge in [0.1, 0.15) is 0 Å². The molecule has 0 spiro atoms. The van der Waals surface area contributed by atoms with Crippen LogP contribution in [0.3, 0.4) is 0 Å². The van der Waals surface area contributed by atoms with E-state index in [1.807, 2.05) is 0 Å². The SMILES string of the molecule is CCCCC[C@@H](C)C[C@H]1C=I2=C=CC(C)(C)C2[C@@H]1C. The van der Waals surface area contributed by atoms with E-state index in [1.54, 1.807) is 0 Å². The summed E-state index contributed by atoms with van der Waals surface area (Å²) in [6.45, 7) is 12.2. The van der Waals surface area contributed by atoms with E-state index in [2.05, 4.69) is 48.4 Å². The fraction of sp³-hybridized carbons (Fsp3) is 0.833. The van der Waals surface area contributed by atoms with Crippen LogP contribution in [0.2, 0.25) is 0 Å². The maximum absolute atomic E-state index is 3.77. The van der Waals surface area contributed by atoms with Gasteiger partial charge in [-0.15, -0.1) is 18.9 Å². The van der Waals surface area contributed by atoms with E-state index >= 15 is 0 Å². The first kappa shape index (κ1) is 15.6. The van der Waals surface area contributed by atoms with E-state index in [-0.39, 0.29) is 0 Å². The van der Waals surface area contributed by atoms with Gasteiger partial charge in [0.15, 0.2) is 0 Å². The molecule has 0 aromatic rings. The van der Waals surface area contributed by atoms with Crippen LogP contribution in [-0.2, 0) is 0 Å². The maximum atomic E-state index is 3.77. The Morgan fingerprint density at radius 1 is 1.32 bits per heavy atom. The van der Waals surface area contributed by atoms with Gasteiger partial charge in [0.25, 0.3) is 0 Å². The molecule has 0 saturated heterocycles. The summed E-state index contributed by atoms with van der Waals surface area (Å²) >= 11 is -0.991. The fourth-order valence-electron chi connectivity index (χ4n) is 3.76. The zero-order valence-electron chi connectivity index (χ0n) is 13.4. The van der Waals surface area contributed by atoms with Crippen molar-refractivity contribution < 1.29 is 0 Å². The van der Waals surface area contributed by atoms with E-state index < -0.39 is 18.9 Å². The highest BCUT2D eigenvalue weighted by molar-refractivity contribution is 14.2. The Labute approximate surface area is 126 Å². The molecule has 0 nitrogen and oxygen atoms in total. The van der Waals surface area contributed by atoms with Crippen LogP contribution in [-0.4, -0.2) is 11.6 Å². The maximum Gasteiger partial charge on any atom is 0.0206 e. The molecule has 2 aliphatic rings. The largest absolute Gasteiger partial charge is 0.103 e. The first-order valence-corrected chi connectivity index (χ1v) is 11.6. The van der Waals surface area contributed by atoms with Gasteiger partial charge in [-0.25, -0.2) is 0 Å². The lowest BCUT2D eigenvalue weighted by Crippen LogP contribution is -2.29. The third-order valence-corrected chi connectivity index (χ3v) is 11.8. The second kappa shape index (κ2) is 6.35. The quantitative estimate of drug-likeness (QED) is 0.326. The Hall–Kier alpha value is 0.250. The van der Waals surface area contributed by atoms with Crippen molar-refractivity contribution >= 4 is 26.5 Å². The van der Waals surface area contributed by atoms with Crippen LogP contribution in [0.15, 0.2) is 6.08 Å². The molecule has 0 fully saturated rings. The van der Waals surface area contributed by atoms with Crippen molar-refractivity contribution in [1.82, 2.24) is 0 Å². The van der Waals surface area contributed by atoms with Crippen LogP contribution in [0.5, 0.6) is 0 Å². The van der Waals surface area contributed by atoms with Crippen LogP contribution < -0.4 is 0 Å². The van der Waals surface area contributed by atoms with Gasteiger partial charge in [-0.05, 0) is 34.3 Å². The Kier molecular flexibility index (Phi) is 5.22. The summed E-state index contributed by atoms with van der Waals surface area (Å²) in [4.78, 5) is 0. The molecule has 0 amide bonds.